The van der Waals surface area contributed by atoms with Crippen LogP contribution in [-0.2, 0) is 23.5 Å². The van der Waals surface area contributed by atoms with E-state index in [0.29, 0.717) is 13.1 Å². The van der Waals surface area contributed by atoms with Gasteiger partial charge in [0.05, 0.1) is 6.33 Å². The molecule has 0 saturated carbocycles. The summed E-state index contributed by atoms with van der Waals surface area (Å²) >= 11 is 0. The van der Waals surface area contributed by atoms with E-state index in [1.54, 1.807) is 22.1 Å². The number of sulfonamides is 1. The van der Waals surface area contributed by atoms with Crippen LogP contribution < -0.4 is 0 Å². The van der Waals surface area contributed by atoms with E-state index in [1.807, 2.05) is 25.1 Å². The minimum atomic E-state index is -3.58. The molecule has 0 unspecified atom stereocenters. The van der Waals surface area contributed by atoms with Gasteiger partial charge in [0.25, 0.3) is 10.0 Å². The summed E-state index contributed by atoms with van der Waals surface area (Å²) in [6.45, 7) is 2.97. The maximum absolute atomic E-state index is 13.0. The lowest BCUT2D eigenvalue weighted by Crippen LogP contribution is -2.39. The van der Waals surface area contributed by atoms with Crippen molar-refractivity contribution in [3.63, 3.8) is 0 Å². The predicted molar refractivity (Wildman–Crippen MR) is 112 cm³/mol. The van der Waals surface area contributed by atoms with Crippen LogP contribution in [0.15, 0.2) is 60.0 Å². The highest BCUT2D eigenvalue weighted by Crippen LogP contribution is 2.30. The highest BCUT2D eigenvalue weighted by atomic mass is 32.2. The fourth-order valence-electron chi connectivity index (χ4n) is 3.97. The van der Waals surface area contributed by atoms with Crippen LogP contribution in [0.25, 0.3) is 0 Å². The van der Waals surface area contributed by atoms with Crippen LogP contribution >= 0.6 is 0 Å². The standard InChI is InChI=1S/C22H26N4O2S/c1-17-11-19(12-18-7-4-3-5-8-18)13-21(24-17)20-9-6-10-26(14-20)29(27,28)22-15-25(2)16-23-22/h3-5,7-8,11,13,15-16,20H,6,9-10,12,14H2,1-2H3/t20-/m0/s1. The second-order valence-electron chi connectivity index (χ2n) is 7.78. The molecule has 1 saturated heterocycles. The third-order valence-corrected chi connectivity index (χ3v) is 7.12. The summed E-state index contributed by atoms with van der Waals surface area (Å²) in [4.78, 5) is 8.80. The molecule has 0 N–H and O–H groups in total. The molecule has 0 radical (unpaired) electrons. The average molecular weight is 411 g/mol. The topological polar surface area (TPSA) is 68.1 Å². The van der Waals surface area contributed by atoms with E-state index in [1.165, 1.54) is 17.5 Å². The van der Waals surface area contributed by atoms with Crippen LogP contribution in [0.1, 0.15) is 41.3 Å². The van der Waals surface area contributed by atoms with Crippen molar-refractivity contribution in [2.75, 3.05) is 13.1 Å². The van der Waals surface area contributed by atoms with Crippen molar-refractivity contribution >= 4 is 10.0 Å². The third kappa shape index (κ3) is 4.41. The quantitative estimate of drug-likeness (QED) is 0.647. The Kier molecular flexibility index (Phi) is 5.52. The molecule has 0 bridgehead atoms. The molecular formula is C22H26N4O2S. The molecule has 2 aromatic heterocycles. The van der Waals surface area contributed by atoms with Crippen molar-refractivity contribution in [3.05, 3.63) is 77.5 Å². The van der Waals surface area contributed by atoms with Gasteiger partial charge >= 0.3 is 0 Å². The summed E-state index contributed by atoms with van der Waals surface area (Å²) in [7, 11) is -1.80. The lowest BCUT2D eigenvalue weighted by Gasteiger charge is -2.31. The van der Waals surface area contributed by atoms with E-state index < -0.39 is 10.0 Å². The van der Waals surface area contributed by atoms with Crippen LogP contribution in [0, 0.1) is 6.92 Å². The lowest BCUT2D eigenvalue weighted by molar-refractivity contribution is 0.311. The summed E-state index contributed by atoms with van der Waals surface area (Å²) in [6.07, 6.45) is 5.68. The Morgan fingerprint density at radius 1 is 1.14 bits per heavy atom. The number of hydrogen-bond acceptors (Lipinski definition) is 4. The van der Waals surface area contributed by atoms with Gasteiger partial charge in [-0.2, -0.15) is 4.31 Å². The van der Waals surface area contributed by atoms with Gasteiger partial charge in [0.2, 0.25) is 0 Å². The maximum atomic E-state index is 13.0. The number of benzene rings is 1. The van der Waals surface area contributed by atoms with Gasteiger partial charge in [-0.1, -0.05) is 30.3 Å². The minimum Gasteiger partial charge on any atom is -0.339 e. The zero-order valence-corrected chi connectivity index (χ0v) is 17.6. The molecule has 4 rings (SSSR count). The minimum absolute atomic E-state index is 0.0941. The number of aromatic nitrogens is 3. The molecular weight excluding hydrogens is 384 g/mol. The van der Waals surface area contributed by atoms with E-state index in [0.717, 1.165) is 30.7 Å². The Bertz CT molecular complexity index is 1090. The van der Waals surface area contributed by atoms with Crippen molar-refractivity contribution in [1.29, 1.82) is 0 Å². The van der Waals surface area contributed by atoms with Crippen molar-refractivity contribution in [2.24, 2.45) is 7.05 Å². The number of rotatable bonds is 5. The number of piperidine rings is 1. The first-order valence-corrected chi connectivity index (χ1v) is 11.4. The van der Waals surface area contributed by atoms with Crippen molar-refractivity contribution in [1.82, 2.24) is 18.8 Å². The first-order valence-electron chi connectivity index (χ1n) is 9.91. The SMILES string of the molecule is Cc1cc(Cc2ccccc2)cc([C@H]2CCCN(S(=O)(=O)c3cn(C)cn3)C2)n1. The van der Waals surface area contributed by atoms with E-state index in [2.05, 4.69) is 29.2 Å². The second kappa shape index (κ2) is 8.08. The number of hydrogen-bond donors (Lipinski definition) is 0. The van der Waals surface area contributed by atoms with Crippen molar-refractivity contribution < 1.29 is 8.42 Å². The Labute approximate surface area is 172 Å². The number of aryl methyl sites for hydroxylation is 2. The summed E-state index contributed by atoms with van der Waals surface area (Å²) in [5, 5.41) is 0.114. The lowest BCUT2D eigenvalue weighted by atomic mass is 9.93. The van der Waals surface area contributed by atoms with Crippen LogP contribution in [-0.4, -0.2) is 40.3 Å². The van der Waals surface area contributed by atoms with Gasteiger partial charge < -0.3 is 4.57 Å². The first-order chi connectivity index (χ1) is 13.9. The summed E-state index contributed by atoms with van der Waals surface area (Å²) in [5.41, 5.74) is 4.42. The van der Waals surface area contributed by atoms with E-state index in [9.17, 15) is 8.42 Å². The van der Waals surface area contributed by atoms with Gasteiger partial charge in [-0.05, 0) is 49.4 Å². The first kappa shape index (κ1) is 19.8. The van der Waals surface area contributed by atoms with Gasteiger partial charge in [-0.15, -0.1) is 0 Å². The Hall–Kier alpha value is -2.51. The molecule has 3 heterocycles. The summed E-state index contributed by atoms with van der Waals surface area (Å²) in [6, 6.07) is 14.6. The predicted octanol–water partition coefficient (Wildman–Crippen LogP) is 3.28. The molecule has 1 atom stereocenters. The number of imidazole rings is 1. The van der Waals surface area contributed by atoms with Gasteiger partial charge in [0.15, 0.2) is 5.03 Å². The van der Waals surface area contributed by atoms with Crippen LogP contribution in [0.2, 0.25) is 0 Å². The second-order valence-corrected chi connectivity index (χ2v) is 9.67. The van der Waals surface area contributed by atoms with Gasteiger partial charge in [-0.3, -0.25) is 4.98 Å². The number of nitrogens with zero attached hydrogens (tertiary/aromatic N) is 4. The van der Waals surface area contributed by atoms with Crippen LogP contribution in [0.4, 0.5) is 0 Å². The molecule has 0 aliphatic carbocycles. The van der Waals surface area contributed by atoms with E-state index in [-0.39, 0.29) is 10.9 Å². The highest BCUT2D eigenvalue weighted by Gasteiger charge is 2.32. The Balaban J connectivity index is 1.57. The zero-order chi connectivity index (χ0) is 20.4. The highest BCUT2D eigenvalue weighted by molar-refractivity contribution is 7.89. The normalized spacial score (nSPS) is 18.1. The van der Waals surface area contributed by atoms with Gasteiger partial charge in [0.1, 0.15) is 0 Å². The molecule has 1 aromatic carbocycles. The summed E-state index contributed by atoms with van der Waals surface area (Å²) < 4.78 is 29.2. The Morgan fingerprint density at radius 3 is 2.66 bits per heavy atom. The fourth-order valence-corrected chi connectivity index (χ4v) is 5.46. The molecule has 0 spiro atoms. The molecule has 1 aliphatic heterocycles. The smallest absolute Gasteiger partial charge is 0.262 e. The average Bonchev–Trinajstić information content (AvgIpc) is 3.16. The van der Waals surface area contributed by atoms with E-state index >= 15 is 0 Å². The maximum Gasteiger partial charge on any atom is 0.262 e. The van der Waals surface area contributed by atoms with E-state index in [4.69, 9.17) is 4.98 Å². The molecule has 6 nitrogen and oxygen atoms in total. The van der Waals surface area contributed by atoms with Crippen molar-refractivity contribution in [2.45, 2.75) is 37.1 Å². The van der Waals surface area contributed by atoms with Gasteiger partial charge in [-0.25, -0.2) is 13.4 Å². The summed E-state index contributed by atoms with van der Waals surface area (Å²) in [5.74, 6) is 0.0941. The molecule has 0 amide bonds. The third-order valence-electron chi connectivity index (χ3n) is 5.37. The molecule has 152 valence electrons. The molecule has 3 aromatic rings. The van der Waals surface area contributed by atoms with Crippen LogP contribution in [0.5, 0.6) is 0 Å². The Morgan fingerprint density at radius 2 is 1.93 bits per heavy atom. The largest absolute Gasteiger partial charge is 0.339 e. The molecule has 1 aliphatic rings. The zero-order valence-electron chi connectivity index (χ0n) is 16.8. The fraction of sp³-hybridized carbons (Fsp3) is 0.364. The molecule has 1 fully saturated rings. The van der Waals surface area contributed by atoms with Crippen LogP contribution in [0.3, 0.4) is 0 Å². The van der Waals surface area contributed by atoms with Crippen molar-refractivity contribution in [3.8, 4) is 0 Å². The monoisotopic (exact) mass is 410 g/mol. The number of pyridine rings is 1. The molecule has 29 heavy (non-hydrogen) atoms. The molecule has 7 heteroatoms. The van der Waals surface area contributed by atoms with Gasteiger partial charge in [0, 0.05) is 43.6 Å².